The summed E-state index contributed by atoms with van der Waals surface area (Å²) in [5.74, 6) is 1.64. The molecule has 0 saturated heterocycles. The fraction of sp³-hybridized carbons (Fsp3) is 0.438. The summed E-state index contributed by atoms with van der Waals surface area (Å²) in [5.41, 5.74) is 1.80. The highest BCUT2D eigenvalue weighted by atomic mass is 32.2. The van der Waals surface area contributed by atoms with E-state index in [4.69, 9.17) is 4.74 Å². The van der Waals surface area contributed by atoms with E-state index in [1.165, 1.54) is 0 Å². The molecule has 1 heterocycles. The van der Waals surface area contributed by atoms with Crippen LogP contribution in [0.15, 0.2) is 29.4 Å². The fourth-order valence-electron chi connectivity index (χ4n) is 2.10. The third kappa shape index (κ3) is 4.80. The summed E-state index contributed by atoms with van der Waals surface area (Å²) in [6.07, 6.45) is 0. The van der Waals surface area contributed by atoms with Crippen LogP contribution in [0.3, 0.4) is 0 Å². The molecule has 1 aromatic carbocycles. The Morgan fingerprint density at radius 2 is 2.04 bits per heavy atom. The third-order valence-corrected chi connectivity index (χ3v) is 4.43. The molecule has 124 valence electrons. The van der Waals surface area contributed by atoms with E-state index < -0.39 is 0 Å². The Bertz CT molecular complexity index is 640. The summed E-state index contributed by atoms with van der Waals surface area (Å²) in [6, 6.07) is 7.62. The minimum absolute atomic E-state index is 0.0809. The van der Waals surface area contributed by atoms with E-state index in [2.05, 4.69) is 27.0 Å². The van der Waals surface area contributed by atoms with Crippen LogP contribution in [0, 0.1) is 6.92 Å². The van der Waals surface area contributed by atoms with Crippen molar-refractivity contribution in [3.8, 4) is 0 Å². The van der Waals surface area contributed by atoms with Gasteiger partial charge in [-0.05, 0) is 31.5 Å². The van der Waals surface area contributed by atoms with Crippen LogP contribution >= 0.6 is 11.8 Å². The number of hydrogen-bond acceptors (Lipinski definition) is 5. The first-order valence-electron chi connectivity index (χ1n) is 7.54. The Balaban J connectivity index is 1.91. The van der Waals surface area contributed by atoms with Crippen molar-refractivity contribution in [2.75, 3.05) is 20.3 Å². The highest BCUT2D eigenvalue weighted by molar-refractivity contribution is 7.98. The van der Waals surface area contributed by atoms with Gasteiger partial charge in [0.2, 0.25) is 0 Å². The number of aryl methyl sites for hydroxylation is 1. The number of rotatable bonds is 8. The molecule has 0 aliphatic rings. The van der Waals surface area contributed by atoms with Crippen LogP contribution in [0.25, 0.3) is 0 Å². The fourth-order valence-corrected chi connectivity index (χ4v) is 3.11. The number of aromatic nitrogens is 3. The molecule has 2 rings (SSSR count). The quantitative estimate of drug-likeness (QED) is 0.592. The predicted octanol–water partition coefficient (Wildman–Crippen LogP) is 2.27. The lowest BCUT2D eigenvalue weighted by atomic mass is 10.1. The maximum Gasteiger partial charge on any atom is 0.251 e. The lowest BCUT2D eigenvalue weighted by Gasteiger charge is -2.07. The smallest absolute Gasteiger partial charge is 0.251 e. The number of amides is 1. The monoisotopic (exact) mass is 334 g/mol. The first-order valence-corrected chi connectivity index (χ1v) is 8.53. The van der Waals surface area contributed by atoms with Gasteiger partial charge in [0.15, 0.2) is 5.16 Å². The largest absolute Gasteiger partial charge is 0.383 e. The average Bonchev–Trinajstić information content (AvgIpc) is 2.93. The molecule has 23 heavy (non-hydrogen) atoms. The maximum absolute atomic E-state index is 11.9. The SMILES string of the molecule is CCn1c(C)nnc1SCc1ccc(C(=O)NCCOC)cc1. The number of thioether (sulfide) groups is 1. The number of nitrogens with one attached hydrogen (secondary N) is 1. The van der Waals surface area contributed by atoms with Gasteiger partial charge in [0.25, 0.3) is 5.91 Å². The molecule has 0 bridgehead atoms. The van der Waals surface area contributed by atoms with Gasteiger partial charge in [-0.25, -0.2) is 0 Å². The van der Waals surface area contributed by atoms with Gasteiger partial charge in [0.1, 0.15) is 5.82 Å². The number of carbonyl (C=O) groups is 1. The van der Waals surface area contributed by atoms with Gasteiger partial charge in [-0.15, -0.1) is 10.2 Å². The average molecular weight is 334 g/mol. The zero-order chi connectivity index (χ0) is 16.7. The number of carbonyl (C=O) groups excluding carboxylic acids is 1. The van der Waals surface area contributed by atoms with Crippen molar-refractivity contribution in [3.05, 3.63) is 41.2 Å². The molecule has 1 amide bonds. The number of methoxy groups -OCH3 is 1. The zero-order valence-electron chi connectivity index (χ0n) is 13.7. The second-order valence-electron chi connectivity index (χ2n) is 5.01. The number of ether oxygens (including phenoxy) is 1. The Morgan fingerprint density at radius 1 is 1.30 bits per heavy atom. The highest BCUT2D eigenvalue weighted by Crippen LogP contribution is 2.22. The maximum atomic E-state index is 11.9. The Hall–Kier alpha value is -1.86. The van der Waals surface area contributed by atoms with Crippen molar-refractivity contribution < 1.29 is 9.53 Å². The summed E-state index contributed by atoms with van der Waals surface area (Å²) >= 11 is 1.65. The number of benzene rings is 1. The summed E-state index contributed by atoms with van der Waals surface area (Å²) < 4.78 is 7.00. The zero-order valence-corrected chi connectivity index (χ0v) is 14.5. The summed E-state index contributed by atoms with van der Waals surface area (Å²) in [6.45, 7) is 5.92. The van der Waals surface area contributed by atoms with E-state index >= 15 is 0 Å². The summed E-state index contributed by atoms with van der Waals surface area (Å²) in [7, 11) is 1.61. The van der Waals surface area contributed by atoms with Crippen LogP contribution in [0.2, 0.25) is 0 Å². The van der Waals surface area contributed by atoms with E-state index in [9.17, 15) is 4.79 Å². The molecule has 6 nitrogen and oxygen atoms in total. The molecule has 2 aromatic rings. The van der Waals surface area contributed by atoms with E-state index in [0.717, 1.165) is 28.8 Å². The Morgan fingerprint density at radius 3 is 2.70 bits per heavy atom. The van der Waals surface area contributed by atoms with Gasteiger partial charge < -0.3 is 14.6 Å². The molecule has 0 aliphatic carbocycles. The molecule has 0 radical (unpaired) electrons. The van der Waals surface area contributed by atoms with Crippen molar-refractivity contribution in [2.24, 2.45) is 0 Å². The van der Waals surface area contributed by atoms with Crippen LogP contribution in [-0.4, -0.2) is 40.9 Å². The van der Waals surface area contributed by atoms with Crippen molar-refractivity contribution in [3.63, 3.8) is 0 Å². The van der Waals surface area contributed by atoms with Gasteiger partial charge in [0.05, 0.1) is 6.61 Å². The van der Waals surface area contributed by atoms with Crippen molar-refractivity contribution in [2.45, 2.75) is 31.3 Å². The van der Waals surface area contributed by atoms with Crippen molar-refractivity contribution in [1.82, 2.24) is 20.1 Å². The van der Waals surface area contributed by atoms with Crippen LogP contribution in [0.4, 0.5) is 0 Å². The van der Waals surface area contributed by atoms with E-state index in [0.29, 0.717) is 18.7 Å². The van der Waals surface area contributed by atoms with Crippen molar-refractivity contribution in [1.29, 1.82) is 0 Å². The molecule has 0 saturated carbocycles. The second-order valence-corrected chi connectivity index (χ2v) is 5.95. The first-order chi connectivity index (χ1) is 11.2. The second kappa shape index (κ2) is 8.69. The van der Waals surface area contributed by atoms with Gasteiger partial charge in [-0.2, -0.15) is 0 Å². The van der Waals surface area contributed by atoms with Gasteiger partial charge >= 0.3 is 0 Å². The molecule has 0 atom stereocenters. The lowest BCUT2D eigenvalue weighted by Crippen LogP contribution is -2.26. The highest BCUT2D eigenvalue weighted by Gasteiger charge is 2.09. The van der Waals surface area contributed by atoms with Gasteiger partial charge in [-0.1, -0.05) is 23.9 Å². The van der Waals surface area contributed by atoms with Crippen molar-refractivity contribution >= 4 is 17.7 Å². The summed E-state index contributed by atoms with van der Waals surface area (Å²) in [5, 5.41) is 12.0. The van der Waals surface area contributed by atoms with E-state index in [1.54, 1.807) is 18.9 Å². The third-order valence-electron chi connectivity index (χ3n) is 3.39. The topological polar surface area (TPSA) is 69.0 Å². The molecule has 0 aliphatic heterocycles. The molecule has 1 N–H and O–H groups in total. The molecular weight excluding hydrogens is 312 g/mol. The molecule has 0 fully saturated rings. The van der Waals surface area contributed by atoms with E-state index in [1.807, 2.05) is 31.2 Å². The minimum Gasteiger partial charge on any atom is -0.383 e. The molecule has 0 unspecified atom stereocenters. The van der Waals surface area contributed by atoms with Gasteiger partial charge in [-0.3, -0.25) is 4.79 Å². The van der Waals surface area contributed by atoms with E-state index in [-0.39, 0.29) is 5.91 Å². The van der Waals surface area contributed by atoms with Crippen LogP contribution in [0.5, 0.6) is 0 Å². The molecule has 1 aromatic heterocycles. The molecular formula is C16H22N4O2S. The van der Waals surface area contributed by atoms with Crippen LogP contribution in [0.1, 0.15) is 28.7 Å². The molecule has 0 spiro atoms. The Kier molecular flexibility index (Phi) is 6.61. The minimum atomic E-state index is -0.0809. The normalized spacial score (nSPS) is 10.7. The Labute approximate surface area is 140 Å². The molecule has 7 heteroatoms. The number of hydrogen-bond donors (Lipinski definition) is 1. The summed E-state index contributed by atoms with van der Waals surface area (Å²) in [4.78, 5) is 11.9. The van der Waals surface area contributed by atoms with Crippen LogP contribution < -0.4 is 5.32 Å². The first kappa shape index (κ1) is 17.5. The van der Waals surface area contributed by atoms with Gasteiger partial charge in [0, 0.05) is 31.5 Å². The standard InChI is InChI=1S/C16H22N4O2S/c1-4-20-12(2)18-19-16(20)23-11-13-5-7-14(8-6-13)15(21)17-9-10-22-3/h5-8H,4,9-11H2,1-3H3,(H,17,21). The lowest BCUT2D eigenvalue weighted by molar-refractivity contribution is 0.0937. The number of nitrogens with zero attached hydrogens (tertiary/aromatic N) is 3. The predicted molar refractivity (Wildman–Crippen MR) is 90.6 cm³/mol. The van der Waals surface area contributed by atoms with Crippen LogP contribution in [-0.2, 0) is 17.0 Å².